The summed E-state index contributed by atoms with van der Waals surface area (Å²) in [7, 11) is 0. The van der Waals surface area contributed by atoms with E-state index in [4.69, 9.17) is 12.2 Å². The molecule has 0 radical (unpaired) electrons. The summed E-state index contributed by atoms with van der Waals surface area (Å²) in [5, 5.41) is 0. The molecule has 0 saturated heterocycles. The van der Waals surface area contributed by atoms with Crippen molar-refractivity contribution in [2.24, 2.45) is 0 Å². The molecule has 0 fully saturated rings. The minimum atomic E-state index is -4.43. The third kappa shape index (κ3) is 9.02. The van der Waals surface area contributed by atoms with Gasteiger partial charge in [-0.15, -0.1) is 11.8 Å². The fraction of sp³-hybridized carbons (Fsp3) is 0.652. The zero-order chi connectivity index (χ0) is 24.7. The van der Waals surface area contributed by atoms with Crippen LogP contribution in [0.25, 0.3) is 0 Å². The first-order chi connectivity index (χ1) is 15.7. The van der Waals surface area contributed by atoms with E-state index in [0.29, 0.717) is 5.75 Å². The van der Waals surface area contributed by atoms with Crippen LogP contribution in [0.3, 0.4) is 0 Å². The lowest BCUT2D eigenvalue weighted by Crippen LogP contribution is -2.56. The number of alkyl halides is 4. The topological polar surface area (TPSA) is 26.3 Å². The van der Waals surface area contributed by atoms with E-state index in [-0.39, 0.29) is 15.3 Å². The Labute approximate surface area is 206 Å². The van der Waals surface area contributed by atoms with Crippen molar-refractivity contribution in [2.45, 2.75) is 88.2 Å². The smallest absolute Gasteiger partial charge is 0.253 e. The predicted molar refractivity (Wildman–Crippen MR) is 131 cm³/mol. The van der Waals surface area contributed by atoms with Crippen LogP contribution in [-0.4, -0.2) is 26.4 Å². The molecule has 1 rings (SSSR count). The SMILES string of the molecule is CCCCCCCCCCCCSC(=S)SC(C(=O)OF)(C(F)F)C(F)(F)c1ccccc1. The van der Waals surface area contributed by atoms with Gasteiger partial charge in [0.1, 0.15) is 3.53 Å². The van der Waals surface area contributed by atoms with E-state index < -0.39 is 28.6 Å². The van der Waals surface area contributed by atoms with Gasteiger partial charge in [0.25, 0.3) is 11.2 Å². The third-order valence-electron chi connectivity index (χ3n) is 5.25. The average molecular weight is 531 g/mol. The summed E-state index contributed by atoms with van der Waals surface area (Å²) in [5.41, 5.74) is -0.856. The van der Waals surface area contributed by atoms with Crippen LogP contribution in [0.1, 0.15) is 76.7 Å². The highest BCUT2D eigenvalue weighted by molar-refractivity contribution is 8.47. The molecule has 0 aliphatic heterocycles. The highest BCUT2D eigenvalue weighted by Gasteiger charge is 2.69. The fourth-order valence-corrected chi connectivity index (χ4v) is 6.08. The highest BCUT2D eigenvalue weighted by atomic mass is 32.2. The number of carbonyl (C=O) groups excluding carboxylic acids is 1. The maximum Gasteiger partial charge on any atom is 0.377 e. The van der Waals surface area contributed by atoms with E-state index in [1.54, 1.807) is 0 Å². The molecule has 0 aliphatic carbocycles. The van der Waals surface area contributed by atoms with Crippen molar-refractivity contribution in [1.29, 1.82) is 0 Å². The van der Waals surface area contributed by atoms with Crippen LogP contribution in [0.15, 0.2) is 30.3 Å². The van der Waals surface area contributed by atoms with Gasteiger partial charge < -0.3 is 0 Å². The molecule has 1 aromatic rings. The van der Waals surface area contributed by atoms with E-state index in [1.165, 1.54) is 56.7 Å². The molecule has 0 N–H and O–H groups in total. The van der Waals surface area contributed by atoms with Crippen LogP contribution in [0.5, 0.6) is 0 Å². The number of carbonyl (C=O) groups is 1. The molecule has 0 aliphatic rings. The first kappa shape index (κ1) is 30.2. The van der Waals surface area contributed by atoms with Crippen molar-refractivity contribution in [1.82, 2.24) is 0 Å². The number of unbranched alkanes of at least 4 members (excludes halogenated alkanes) is 9. The molecule has 33 heavy (non-hydrogen) atoms. The Bertz CT molecular complexity index is 707. The van der Waals surface area contributed by atoms with Crippen molar-refractivity contribution in [3.8, 4) is 0 Å². The molecule has 2 nitrogen and oxygen atoms in total. The largest absolute Gasteiger partial charge is 0.377 e. The van der Waals surface area contributed by atoms with Gasteiger partial charge in [0.05, 0.1) is 0 Å². The van der Waals surface area contributed by atoms with Crippen LogP contribution in [0.4, 0.5) is 22.1 Å². The summed E-state index contributed by atoms with van der Waals surface area (Å²) in [6.45, 7) is 2.18. The summed E-state index contributed by atoms with van der Waals surface area (Å²) in [6, 6.07) is 5.62. The molecule has 0 bridgehead atoms. The number of hydrogen-bond acceptors (Lipinski definition) is 5. The molecule has 1 unspecified atom stereocenters. The van der Waals surface area contributed by atoms with Crippen molar-refractivity contribution in [2.75, 3.05) is 5.75 Å². The first-order valence-corrected chi connectivity index (χ1v) is 13.3. The van der Waals surface area contributed by atoms with Crippen molar-refractivity contribution in [3.63, 3.8) is 0 Å². The van der Waals surface area contributed by atoms with E-state index in [1.807, 2.05) is 0 Å². The first-order valence-electron chi connectivity index (χ1n) is 11.1. The van der Waals surface area contributed by atoms with Gasteiger partial charge in [-0.2, -0.15) is 8.78 Å². The quantitative estimate of drug-likeness (QED) is 0.121. The molecule has 0 heterocycles. The molecule has 0 spiro atoms. The number of benzene rings is 1. The standard InChI is InChI=1S/C23H31F5O2S3/c1-2-3-4-5-6-7-8-9-10-14-17-32-21(31)33-22(19(24)25,20(29)30-28)23(26,27)18-15-12-11-13-16-18/h11-13,15-16,19H,2-10,14,17H2,1H3. The summed E-state index contributed by atoms with van der Waals surface area (Å²) in [6.07, 6.45) is 7.21. The van der Waals surface area contributed by atoms with Gasteiger partial charge in [0.2, 0.25) is 0 Å². The van der Waals surface area contributed by atoms with Crippen LogP contribution in [0.2, 0.25) is 0 Å². The molecule has 188 valence electrons. The molecule has 10 heteroatoms. The van der Waals surface area contributed by atoms with E-state index in [2.05, 4.69) is 11.9 Å². The lowest BCUT2D eigenvalue weighted by atomic mass is 9.93. The Morgan fingerprint density at radius 1 is 0.970 bits per heavy atom. The Hall–Kier alpha value is -0.870. The van der Waals surface area contributed by atoms with E-state index in [0.717, 1.165) is 49.6 Å². The van der Waals surface area contributed by atoms with Crippen LogP contribution in [0, 0.1) is 0 Å². The summed E-state index contributed by atoms with van der Waals surface area (Å²) >= 11 is 5.74. The second-order valence-corrected chi connectivity index (χ2v) is 11.3. The molecule has 0 aromatic heterocycles. The lowest BCUT2D eigenvalue weighted by Gasteiger charge is -2.35. The summed E-state index contributed by atoms with van der Waals surface area (Å²) < 4.78 is 66.8. The van der Waals surface area contributed by atoms with Crippen molar-refractivity contribution >= 4 is 45.2 Å². The highest BCUT2D eigenvalue weighted by Crippen LogP contribution is 2.53. The average Bonchev–Trinajstić information content (AvgIpc) is 2.80. The summed E-state index contributed by atoms with van der Waals surface area (Å²) in [5.74, 6) is -6.36. The maximum absolute atomic E-state index is 15.1. The number of hydrogen-bond donors (Lipinski definition) is 0. The van der Waals surface area contributed by atoms with E-state index >= 15 is 8.78 Å². The minimum absolute atomic E-state index is 0.204. The number of thioether (sulfide) groups is 2. The van der Waals surface area contributed by atoms with Gasteiger partial charge in [-0.05, 0) is 12.2 Å². The van der Waals surface area contributed by atoms with Gasteiger partial charge >= 0.3 is 11.9 Å². The van der Waals surface area contributed by atoms with Crippen molar-refractivity contribution < 1.29 is 31.8 Å². The molecular weight excluding hydrogens is 499 g/mol. The lowest BCUT2D eigenvalue weighted by molar-refractivity contribution is -0.207. The van der Waals surface area contributed by atoms with Gasteiger partial charge in [-0.1, -0.05) is 119 Å². The summed E-state index contributed by atoms with van der Waals surface area (Å²) in [4.78, 5) is 14.9. The van der Waals surface area contributed by atoms with E-state index in [9.17, 15) is 18.1 Å². The molecule has 1 aromatic carbocycles. The number of halogens is 5. The monoisotopic (exact) mass is 530 g/mol. The molecule has 1 atom stereocenters. The van der Waals surface area contributed by atoms with Gasteiger partial charge in [-0.25, -0.2) is 13.6 Å². The second kappa shape index (κ2) is 15.9. The van der Waals surface area contributed by atoms with Gasteiger partial charge in [-0.3, -0.25) is 4.94 Å². The minimum Gasteiger partial charge on any atom is -0.253 e. The fourth-order valence-electron chi connectivity index (χ4n) is 3.33. The normalized spacial score (nSPS) is 13.7. The Morgan fingerprint density at radius 2 is 1.48 bits per heavy atom. The zero-order valence-electron chi connectivity index (χ0n) is 18.7. The van der Waals surface area contributed by atoms with Crippen LogP contribution < -0.4 is 0 Å². The molecular formula is C23H31F5O2S3. The maximum atomic E-state index is 15.1. The second-order valence-electron chi connectivity index (χ2n) is 7.72. The Balaban J connectivity index is 2.62. The Morgan fingerprint density at radius 3 is 1.97 bits per heavy atom. The Kier molecular flexibility index (Phi) is 14.6. The number of thiocarbonyl (C=S) groups is 1. The molecule has 0 saturated carbocycles. The van der Waals surface area contributed by atoms with Crippen LogP contribution >= 0.6 is 35.7 Å². The van der Waals surface area contributed by atoms with Gasteiger partial charge in [0, 0.05) is 10.1 Å². The van der Waals surface area contributed by atoms with Crippen LogP contribution in [-0.2, 0) is 15.7 Å². The molecule has 0 amide bonds. The predicted octanol–water partition coefficient (Wildman–Crippen LogP) is 8.88. The third-order valence-corrected chi connectivity index (χ3v) is 8.27. The van der Waals surface area contributed by atoms with Gasteiger partial charge in [0.15, 0.2) is 0 Å². The zero-order valence-corrected chi connectivity index (χ0v) is 21.1. The number of rotatable bonds is 16. The van der Waals surface area contributed by atoms with Crippen molar-refractivity contribution in [3.05, 3.63) is 35.9 Å².